The van der Waals surface area contributed by atoms with Gasteiger partial charge in [0.25, 0.3) is 0 Å². The number of esters is 1. The van der Waals surface area contributed by atoms with Gasteiger partial charge in [-0.3, -0.25) is 4.79 Å². The van der Waals surface area contributed by atoms with E-state index in [1.54, 1.807) is 6.92 Å². The molecule has 1 saturated carbocycles. The van der Waals surface area contributed by atoms with Gasteiger partial charge < -0.3 is 19.7 Å². The summed E-state index contributed by atoms with van der Waals surface area (Å²) in [6.45, 7) is 8.67. The summed E-state index contributed by atoms with van der Waals surface area (Å²) in [6.07, 6.45) is -1.00. The molecule has 1 aliphatic heterocycles. The Morgan fingerprint density at radius 2 is 1.76 bits per heavy atom. The van der Waals surface area contributed by atoms with Gasteiger partial charge in [0.15, 0.2) is 0 Å². The Bertz CT molecular complexity index is 543. The second-order valence-electron chi connectivity index (χ2n) is 8.21. The standard InChI is InChI=1S/C17H27Br2ClO5/c1-9(21)24-13-6-10(18)14(2,3)25-16(13,5)17(23)7-11(19)15(4,20)8-12(17)22/h10-13,22-23H,6-8H2,1-5H3. The summed E-state index contributed by atoms with van der Waals surface area (Å²) in [5.74, 6) is -0.453. The molecule has 2 N–H and O–H groups in total. The van der Waals surface area contributed by atoms with Gasteiger partial charge in [0.05, 0.1) is 16.6 Å². The van der Waals surface area contributed by atoms with Gasteiger partial charge in [-0.2, -0.15) is 0 Å². The Balaban J connectivity index is 2.47. The van der Waals surface area contributed by atoms with E-state index in [1.807, 2.05) is 20.8 Å². The first-order chi connectivity index (χ1) is 11.2. The van der Waals surface area contributed by atoms with Crippen LogP contribution >= 0.6 is 43.5 Å². The second-order valence-corrected chi connectivity index (χ2v) is 11.3. The normalized spacial score (nSPS) is 50.3. The molecule has 8 heteroatoms. The molecule has 0 amide bonds. The molecule has 2 aliphatic rings. The zero-order valence-electron chi connectivity index (χ0n) is 15.2. The molecule has 0 radical (unpaired) electrons. The molecular weight excluding hydrogens is 479 g/mol. The van der Waals surface area contributed by atoms with Gasteiger partial charge in [0.1, 0.15) is 17.3 Å². The highest BCUT2D eigenvalue weighted by Gasteiger charge is 2.66. The number of alkyl halides is 3. The summed E-state index contributed by atoms with van der Waals surface area (Å²) in [5.41, 5.74) is -3.53. The quantitative estimate of drug-likeness (QED) is 0.444. The van der Waals surface area contributed by atoms with Crippen LogP contribution in [0.5, 0.6) is 0 Å². The van der Waals surface area contributed by atoms with Crippen molar-refractivity contribution in [1.29, 1.82) is 0 Å². The summed E-state index contributed by atoms with van der Waals surface area (Å²) in [5, 5.41) is 22.4. The molecule has 0 aromatic heterocycles. The molecule has 25 heavy (non-hydrogen) atoms. The van der Waals surface area contributed by atoms with Crippen molar-refractivity contribution >= 4 is 49.4 Å². The minimum atomic E-state index is -1.62. The summed E-state index contributed by atoms with van der Waals surface area (Å²) < 4.78 is 11.8. The fourth-order valence-corrected chi connectivity index (χ4v) is 5.27. The summed E-state index contributed by atoms with van der Waals surface area (Å²) in [7, 11) is 0. The number of halogens is 3. The molecule has 0 spiro atoms. The predicted molar refractivity (Wildman–Crippen MR) is 104 cm³/mol. The van der Waals surface area contributed by atoms with Gasteiger partial charge >= 0.3 is 5.97 Å². The molecule has 146 valence electrons. The van der Waals surface area contributed by atoms with Crippen LogP contribution in [-0.2, 0) is 14.3 Å². The van der Waals surface area contributed by atoms with E-state index in [2.05, 4.69) is 31.9 Å². The van der Waals surface area contributed by atoms with Gasteiger partial charge in [-0.15, -0.1) is 11.6 Å². The average Bonchev–Trinajstić information content (AvgIpc) is 2.41. The molecule has 5 nitrogen and oxygen atoms in total. The van der Waals surface area contributed by atoms with Gasteiger partial charge in [-0.05, 0) is 40.5 Å². The van der Waals surface area contributed by atoms with E-state index in [-0.39, 0.29) is 22.5 Å². The lowest BCUT2D eigenvalue weighted by atomic mass is 9.64. The van der Waals surface area contributed by atoms with Crippen LogP contribution in [0.1, 0.15) is 53.9 Å². The third-order valence-electron chi connectivity index (χ3n) is 5.72. The van der Waals surface area contributed by atoms with Crippen molar-refractivity contribution in [2.75, 3.05) is 0 Å². The Morgan fingerprint density at radius 1 is 1.20 bits per heavy atom. The fourth-order valence-electron chi connectivity index (χ4n) is 3.93. The predicted octanol–water partition coefficient (Wildman–Crippen LogP) is 3.29. The van der Waals surface area contributed by atoms with Crippen molar-refractivity contribution in [2.24, 2.45) is 0 Å². The lowest BCUT2D eigenvalue weighted by molar-refractivity contribution is -0.311. The van der Waals surface area contributed by atoms with Crippen LogP contribution in [-0.4, -0.2) is 59.7 Å². The third-order valence-corrected chi connectivity index (χ3v) is 9.21. The molecule has 0 bridgehead atoms. The van der Waals surface area contributed by atoms with Crippen LogP contribution in [0.2, 0.25) is 0 Å². The second kappa shape index (κ2) is 6.89. The molecular formula is C17H27Br2ClO5. The van der Waals surface area contributed by atoms with Gasteiger partial charge in [0.2, 0.25) is 0 Å². The molecule has 7 unspecified atom stereocenters. The maximum Gasteiger partial charge on any atom is 0.303 e. The van der Waals surface area contributed by atoms with Crippen LogP contribution in [0.3, 0.4) is 0 Å². The number of ether oxygens (including phenoxy) is 2. The molecule has 0 aromatic rings. The maximum atomic E-state index is 11.6. The molecule has 1 heterocycles. The Labute approximate surface area is 171 Å². The number of hydrogen-bond acceptors (Lipinski definition) is 5. The number of aliphatic hydroxyl groups excluding tert-OH is 1. The number of rotatable bonds is 2. The highest BCUT2D eigenvalue weighted by Crippen LogP contribution is 2.53. The van der Waals surface area contributed by atoms with E-state index in [4.69, 9.17) is 21.1 Å². The molecule has 2 rings (SSSR count). The van der Waals surface area contributed by atoms with Crippen molar-refractivity contribution in [3.05, 3.63) is 0 Å². The van der Waals surface area contributed by atoms with Crippen LogP contribution < -0.4 is 0 Å². The first-order valence-electron chi connectivity index (χ1n) is 8.40. The third kappa shape index (κ3) is 3.79. The Kier molecular flexibility index (Phi) is 6.03. The lowest BCUT2D eigenvalue weighted by Crippen LogP contribution is -2.75. The van der Waals surface area contributed by atoms with Crippen molar-refractivity contribution in [2.45, 2.75) is 97.4 Å². The zero-order chi connectivity index (χ0) is 19.4. The largest absolute Gasteiger partial charge is 0.459 e. The van der Waals surface area contributed by atoms with Gasteiger partial charge in [0, 0.05) is 23.0 Å². The molecule has 7 atom stereocenters. The lowest BCUT2D eigenvalue weighted by Gasteiger charge is -2.60. The van der Waals surface area contributed by atoms with E-state index in [9.17, 15) is 15.0 Å². The van der Waals surface area contributed by atoms with E-state index in [1.165, 1.54) is 6.92 Å². The van der Waals surface area contributed by atoms with Gasteiger partial charge in [-0.1, -0.05) is 31.9 Å². The van der Waals surface area contributed by atoms with E-state index < -0.39 is 39.9 Å². The summed E-state index contributed by atoms with van der Waals surface area (Å²) >= 11 is 13.6. The van der Waals surface area contributed by atoms with E-state index >= 15 is 0 Å². The van der Waals surface area contributed by atoms with Crippen LogP contribution in [0.25, 0.3) is 0 Å². The van der Waals surface area contributed by atoms with Gasteiger partial charge in [-0.25, -0.2) is 0 Å². The number of aliphatic hydroxyl groups is 2. The van der Waals surface area contributed by atoms with E-state index in [0.717, 1.165) is 0 Å². The minimum Gasteiger partial charge on any atom is -0.459 e. The Hall–Kier alpha value is 0.600. The fraction of sp³-hybridized carbons (Fsp3) is 0.941. The average molecular weight is 507 g/mol. The Morgan fingerprint density at radius 3 is 2.28 bits per heavy atom. The molecule has 2 fully saturated rings. The van der Waals surface area contributed by atoms with E-state index in [0.29, 0.717) is 6.42 Å². The van der Waals surface area contributed by atoms with Crippen molar-refractivity contribution in [3.63, 3.8) is 0 Å². The van der Waals surface area contributed by atoms with Crippen LogP contribution in [0.15, 0.2) is 0 Å². The zero-order valence-corrected chi connectivity index (χ0v) is 19.1. The maximum absolute atomic E-state index is 11.6. The smallest absolute Gasteiger partial charge is 0.303 e. The highest BCUT2D eigenvalue weighted by atomic mass is 79.9. The number of hydrogen-bond donors (Lipinski definition) is 2. The molecule has 1 aliphatic carbocycles. The van der Waals surface area contributed by atoms with Crippen molar-refractivity contribution in [1.82, 2.24) is 0 Å². The minimum absolute atomic E-state index is 0.0696. The first kappa shape index (κ1) is 21.9. The monoisotopic (exact) mass is 504 g/mol. The van der Waals surface area contributed by atoms with Crippen LogP contribution in [0.4, 0.5) is 0 Å². The summed E-state index contributed by atoms with van der Waals surface area (Å²) in [4.78, 5) is 10.6. The number of carbonyl (C=O) groups is 1. The topological polar surface area (TPSA) is 76.0 Å². The number of carbonyl (C=O) groups excluding carboxylic acids is 1. The summed E-state index contributed by atoms with van der Waals surface area (Å²) in [6, 6.07) is 0. The molecule has 0 aromatic carbocycles. The first-order valence-corrected chi connectivity index (χ1v) is 10.6. The van der Waals surface area contributed by atoms with Crippen LogP contribution in [0, 0.1) is 0 Å². The van der Waals surface area contributed by atoms with Crippen molar-refractivity contribution < 1.29 is 24.5 Å². The molecule has 1 saturated heterocycles. The van der Waals surface area contributed by atoms with Crippen molar-refractivity contribution in [3.8, 4) is 0 Å². The highest BCUT2D eigenvalue weighted by molar-refractivity contribution is 9.09. The SMILES string of the molecule is CC(=O)OC1CC(Br)C(C)(C)OC1(C)C1(O)CC(Br)C(C)(Cl)CC1O.